The van der Waals surface area contributed by atoms with Gasteiger partial charge in [0.15, 0.2) is 11.6 Å². The molecular formula is C25H28N2O3. The largest absolute Gasteiger partial charge is 0.393 e. The van der Waals surface area contributed by atoms with E-state index in [1.165, 1.54) is 11.8 Å². The molecule has 0 atom stereocenters. The molecule has 30 heavy (non-hydrogen) atoms. The SMILES string of the molecule is CNC=C1C(=O)CC(c2cccc(C(=O)NCCCCc3ccccc3)c2)CC1=O. The number of carbonyl (C=O) groups is 3. The highest BCUT2D eigenvalue weighted by Gasteiger charge is 2.31. The van der Waals surface area contributed by atoms with Crippen LogP contribution in [0.15, 0.2) is 66.4 Å². The van der Waals surface area contributed by atoms with Gasteiger partial charge in [0.2, 0.25) is 0 Å². The summed E-state index contributed by atoms with van der Waals surface area (Å²) in [6, 6.07) is 17.6. The van der Waals surface area contributed by atoms with Crippen LogP contribution in [0.4, 0.5) is 0 Å². The number of hydrogen-bond donors (Lipinski definition) is 2. The lowest BCUT2D eigenvalue weighted by molar-refractivity contribution is -0.124. The summed E-state index contributed by atoms with van der Waals surface area (Å²) in [7, 11) is 1.67. The average molecular weight is 405 g/mol. The Morgan fingerprint density at radius 2 is 1.73 bits per heavy atom. The molecule has 1 fully saturated rings. The molecule has 5 nitrogen and oxygen atoms in total. The van der Waals surface area contributed by atoms with Crippen molar-refractivity contribution in [2.45, 2.75) is 38.0 Å². The topological polar surface area (TPSA) is 75.3 Å². The van der Waals surface area contributed by atoms with Crippen LogP contribution in [0.3, 0.4) is 0 Å². The number of Topliss-reactive ketones (excluding diaryl/α,β-unsaturated/α-hetero) is 2. The molecule has 0 aliphatic heterocycles. The Morgan fingerprint density at radius 3 is 2.43 bits per heavy atom. The van der Waals surface area contributed by atoms with Gasteiger partial charge in [0.25, 0.3) is 5.91 Å². The summed E-state index contributed by atoms with van der Waals surface area (Å²) in [6.07, 6.45) is 4.96. The molecule has 2 N–H and O–H groups in total. The Kier molecular flexibility index (Phi) is 7.55. The van der Waals surface area contributed by atoms with Gasteiger partial charge in [-0.15, -0.1) is 0 Å². The van der Waals surface area contributed by atoms with Crippen molar-refractivity contribution in [2.75, 3.05) is 13.6 Å². The third-order valence-electron chi connectivity index (χ3n) is 5.39. The standard InChI is InChI=1S/C25H28N2O3/c1-26-17-22-23(28)15-21(16-24(22)29)19-11-7-12-20(14-19)25(30)27-13-6-5-10-18-8-3-2-4-9-18/h2-4,7-9,11-12,14,17,21,26H,5-6,10,13,15-16H2,1H3,(H,27,30). The number of hydrogen-bond acceptors (Lipinski definition) is 4. The Labute approximate surface area is 177 Å². The Bertz CT molecular complexity index is 914. The maximum atomic E-state index is 12.5. The van der Waals surface area contributed by atoms with Crippen molar-refractivity contribution < 1.29 is 14.4 Å². The number of amides is 1. The van der Waals surface area contributed by atoms with Gasteiger partial charge in [-0.2, -0.15) is 0 Å². The molecule has 0 bridgehead atoms. The van der Waals surface area contributed by atoms with Crippen molar-refractivity contribution >= 4 is 17.5 Å². The molecule has 2 aromatic carbocycles. The number of carbonyl (C=O) groups excluding carboxylic acids is 3. The average Bonchev–Trinajstić information content (AvgIpc) is 2.76. The second kappa shape index (κ2) is 10.5. The predicted molar refractivity (Wildman–Crippen MR) is 117 cm³/mol. The number of rotatable bonds is 8. The van der Waals surface area contributed by atoms with E-state index in [4.69, 9.17) is 0 Å². The van der Waals surface area contributed by atoms with E-state index in [0.717, 1.165) is 24.8 Å². The normalized spacial score (nSPS) is 16.3. The van der Waals surface area contributed by atoms with Gasteiger partial charge < -0.3 is 10.6 Å². The fourth-order valence-corrected chi connectivity index (χ4v) is 3.77. The van der Waals surface area contributed by atoms with Crippen LogP contribution in [0.25, 0.3) is 0 Å². The molecular weight excluding hydrogens is 376 g/mol. The molecule has 1 amide bonds. The lowest BCUT2D eigenvalue weighted by Crippen LogP contribution is -2.27. The summed E-state index contributed by atoms with van der Waals surface area (Å²) in [5.41, 5.74) is 2.96. The van der Waals surface area contributed by atoms with Crippen LogP contribution in [-0.2, 0) is 16.0 Å². The molecule has 3 rings (SSSR count). The van der Waals surface area contributed by atoms with E-state index in [1.807, 2.05) is 30.3 Å². The molecule has 0 spiro atoms. The van der Waals surface area contributed by atoms with E-state index in [9.17, 15) is 14.4 Å². The van der Waals surface area contributed by atoms with Crippen molar-refractivity contribution in [3.63, 3.8) is 0 Å². The summed E-state index contributed by atoms with van der Waals surface area (Å²) in [5.74, 6) is -0.615. The van der Waals surface area contributed by atoms with Gasteiger partial charge >= 0.3 is 0 Å². The molecule has 0 saturated heterocycles. The second-order valence-electron chi connectivity index (χ2n) is 7.62. The zero-order valence-electron chi connectivity index (χ0n) is 17.3. The number of allylic oxidation sites excluding steroid dienone is 1. The molecule has 1 aliphatic rings. The van der Waals surface area contributed by atoms with Crippen molar-refractivity contribution in [2.24, 2.45) is 0 Å². The number of benzene rings is 2. The lowest BCUT2D eigenvalue weighted by atomic mass is 9.80. The molecule has 156 valence electrons. The summed E-state index contributed by atoms with van der Waals surface area (Å²) < 4.78 is 0. The van der Waals surface area contributed by atoms with Gasteiger partial charge in [-0.3, -0.25) is 14.4 Å². The summed E-state index contributed by atoms with van der Waals surface area (Å²) >= 11 is 0. The van der Waals surface area contributed by atoms with E-state index in [2.05, 4.69) is 22.8 Å². The van der Waals surface area contributed by atoms with Gasteiger partial charge in [-0.1, -0.05) is 42.5 Å². The van der Waals surface area contributed by atoms with Crippen LogP contribution in [0.5, 0.6) is 0 Å². The fourth-order valence-electron chi connectivity index (χ4n) is 3.77. The molecule has 0 radical (unpaired) electrons. The van der Waals surface area contributed by atoms with Crippen LogP contribution in [0.2, 0.25) is 0 Å². The fraction of sp³-hybridized carbons (Fsp3) is 0.320. The summed E-state index contributed by atoms with van der Waals surface area (Å²) in [4.78, 5) is 37.1. The smallest absolute Gasteiger partial charge is 0.251 e. The first kappa shape index (κ1) is 21.5. The van der Waals surface area contributed by atoms with E-state index in [-0.39, 0.29) is 41.8 Å². The van der Waals surface area contributed by atoms with Gasteiger partial charge in [0, 0.05) is 38.2 Å². The zero-order valence-corrected chi connectivity index (χ0v) is 17.3. The molecule has 0 heterocycles. The highest BCUT2D eigenvalue weighted by molar-refractivity contribution is 6.22. The Balaban J connectivity index is 1.52. The predicted octanol–water partition coefficient (Wildman–Crippen LogP) is 3.56. The Hall–Kier alpha value is -3.21. The van der Waals surface area contributed by atoms with Crippen molar-refractivity contribution in [3.8, 4) is 0 Å². The maximum Gasteiger partial charge on any atom is 0.251 e. The minimum absolute atomic E-state index is 0.124. The van der Waals surface area contributed by atoms with E-state index in [0.29, 0.717) is 12.1 Å². The highest BCUT2D eigenvalue weighted by Crippen LogP contribution is 2.31. The molecule has 1 saturated carbocycles. The minimum Gasteiger partial charge on any atom is -0.393 e. The van der Waals surface area contributed by atoms with Crippen molar-refractivity contribution in [1.29, 1.82) is 0 Å². The van der Waals surface area contributed by atoms with Crippen molar-refractivity contribution in [3.05, 3.63) is 83.1 Å². The van der Waals surface area contributed by atoms with Crippen LogP contribution in [-0.4, -0.2) is 31.1 Å². The third kappa shape index (κ3) is 5.66. The monoisotopic (exact) mass is 404 g/mol. The van der Waals surface area contributed by atoms with Gasteiger partial charge in [0.1, 0.15) is 0 Å². The summed E-state index contributed by atoms with van der Waals surface area (Å²) in [6.45, 7) is 0.620. The van der Waals surface area contributed by atoms with E-state index in [1.54, 1.807) is 19.2 Å². The zero-order chi connectivity index (χ0) is 21.3. The second-order valence-corrected chi connectivity index (χ2v) is 7.62. The van der Waals surface area contributed by atoms with E-state index < -0.39 is 0 Å². The first-order valence-corrected chi connectivity index (χ1v) is 10.4. The Morgan fingerprint density at radius 1 is 1.00 bits per heavy atom. The number of unbranched alkanes of at least 4 members (excludes halogenated alkanes) is 1. The van der Waals surface area contributed by atoms with Crippen LogP contribution < -0.4 is 10.6 Å². The van der Waals surface area contributed by atoms with Gasteiger partial charge in [-0.25, -0.2) is 0 Å². The molecule has 1 aliphatic carbocycles. The molecule has 2 aromatic rings. The first-order chi connectivity index (χ1) is 14.6. The van der Waals surface area contributed by atoms with Crippen molar-refractivity contribution in [1.82, 2.24) is 10.6 Å². The van der Waals surface area contributed by atoms with Gasteiger partial charge in [0.05, 0.1) is 5.57 Å². The molecule has 5 heteroatoms. The first-order valence-electron chi connectivity index (χ1n) is 10.4. The quantitative estimate of drug-likeness (QED) is 0.401. The summed E-state index contributed by atoms with van der Waals surface area (Å²) in [5, 5.41) is 5.72. The van der Waals surface area contributed by atoms with E-state index >= 15 is 0 Å². The number of ketones is 2. The highest BCUT2D eigenvalue weighted by atomic mass is 16.2. The lowest BCUT2D eigenvalue weighted by Gasteiger charge is -2.22. The van der Waals surface area contributed by atoms with Crippen LogP contribution >= 0.6 is 0 Å². The van der Waals surface area contributed by atoms with Crippen LogP contribution in [0.1, 0.15) is 53.1 Å². The van der Waals surface area contributed by atoms with Gasteiger partial charge in [-0.05, 0) is 48.4 Å². The van der Waals surface area contributed by atoms with Crippen LogP contribution in [0, 0.1) is 0 Å². The molecule has 0 aromatic heterocycles. The number of aryl methyl sites for hydroxylation is 1. The number of nitrogens with one attached hydrogen (secondary N) is 2. The third-order valence-corrected chi connectivity index (χ3v) is 5.39. The molecule has 0 unspecified atom stereocenters. The minimum atomic E-state index is -0.183. The maximum absolute atomic E-state index is 12.5.